The van der Waals surface area contributed by atoms with Crippen LogP contribution >= 0.6 is 0 Å². The van der Waals surface area contributed by atoms with Gasteiger partial charge in [-0.15, -0.1) is 0 Å². The van der Waals surface area contributed by atoms with Crippen LogP contribution in [0, 0.1) is 0 Å². The van der Waals surface area contributed by atoms with E-state index in [1.807, 2.05) is 0 Å². The first kappa shape index (κ1) is 19.4. The normalized spacial score (nSPS) is 15.4. The number of nitrogens with two attached hydrogens (primary N) is 1. The standard InChI is InChI=1S/C11H17F8N/c12-8(10(16,17)11(18,19)20)6-4-2-1-3-5-7-9(13,14)15/h8H,1-7,20H2. The summed E-state index contributed by atoms with van der Waals surface area (Å²) in [7, 11) is 0. The van der Waals surface area contributed by atoms with Crippen molar-refractivity contribution in [3.05, 3.63) is 0 Å². The molecule has 0 fully saturated rings. The zero-order valence-corrected chi connectivity index (χ0v) is 10.6. The Morgan fingerprint density at radius 3 is 1.65 bits per heavy atom. The van der Waals surface area contributed by atoms with Crippen molar-refractivity contribution in [1.82, 2.24) is 0 Å². The van der Waals surface area contributed by atoms with Crippen molar-refractivity contribution in [2.75, 3.05) is 0 Å². The summed E-state index contributed by atoms with van der Waals surface area (Å²) in [6.07, 6.45) is -8.54. The average Bonchev–Trinajstić information content (AvgIpc) is 2.24. The van der Waals surface area contributed by atoms with Gasteiger partial charge in [0.05, 0.1) is 0 Å². The quantitative estimate of drug-likeness (QED) is 0.369. The predicted molar refractivity (Wildman–Crippen MR) is 57.4 cm³/mol. The molecular formula is C11H17F8N. The van der Waals surface area contributed by atoms with E-state index in [9.17, 15) is 35.1 Å². The van der Waals surface area contributed by atoms with Gasteiger partial charge >= 0.3 is 18.1 Å². The number of halogens is 8. The first-order valence-electron chi connectivity index (χ1n) is 6.13. The van der Waals surface area contributed by atoms with Crippen LogP contribution < -0.4 is 5.73 Å². The maximum atomic E-state index is 12.9. The second-order valence-electron chi connectivity index (χ2n) is 4.64. The summed E-state index contributed by atoms with van der Waals surface area (Å²) in [4.78, 5) is 0. The van der Waals surface area contributed by atoms with Crippen LogP contribution in [0.1, 0.15) is 44.9 Å². The molecule has 0 saturated heterocycles. The van der Waals surface area contributed by atoms with Gasteiger partial charge in [-0.05, 0) is 12.8 Å². The van der Waals surface area contributed by atoms with E-state index in [0.29, 0.717) is 6.42 Å². The molecule has 1 atom stereocenters. The fourth-order valence-electron chi connectivity index (χ4n) is 1.57. The third kappa shape index (κ3) is 7.25. The molecule has 0 aliphatic heterocycles. The van der Waals surface area contributed by atoms with Gasteiger partial charge in [-0.25, -0.2) is 4.39 Å². The molecule has 20 heavy (non-hydrogen) atoms. The molecule has 1 unspecified atom stereocenters. The summed E-state index contributed by atoms with van der Waals surface area (Å²) in [5, 5.41) is 0. The smallest absolute Gasteiger partial charge is 0.267 e. The molecule has 0 saturated carbocycles. The van der Waals surface area contributed by atoms with Crippen LogP contribution in [0.25, 0.3) is 0 Å². The minimum absolute atomic E-state index is 0.0976. The van der Waals surface area contributed by atoms with Gasteiger partial charge in [0.25, 0.3) is 0 Å². The largest absolute Gasteiger partial charge is 0.389 e. The zero-order chi connectivity index (χ0) is 16.0. The van der Waals surface area contributed by atoms with Crippen molar-refractivity contribution < 1.29 is 35.1 Å². The highest BCUT2D eigenvalue weighted by Crippen LogP contribution is 2.36. The number of hydrogen-bond donors (Lipinski definition) is 1. The highest BCUT2D eigenvalue weighted by molar-refractivity contribution is 4.86. The predicted octanol–water partition coefficient (Wildman–Crippen LogP) is 4.80. The number of hydrogen-bond acceptors (Lipinski definition) is 1. The van der Waals surface area contributed by atoms with Gasteiger partial charge < -0.3 is 0 Å². The average molecular weight is 315 g/mol. The van der Waals surface area contributed by atoms with E-state index >= 15 is 0 Å². The lowest BCUT2D eigenvalue weighted by Gasteiger charge is -2.25. The Morgan fingerprint density at radius 1 is 0.750 bits per heavy atom. The molecule has 0 aliphatic carbocycles. The second-order valence-corrected chi connectivity index (χ2v) is 4.64. The van der Waals surface area contributed by atoms with Crippen LogP contribution in [0.15, 0.2) is 0 Å². The summed E-state index contributed by atoms with van der Waals surface area (Å²) < 4.78 is 98.1. The number of alkyl halides is 8. The van der Waals surface area contributed by atoms with Crippen molar-refractivity contribution >= 4 is 0 Å². The van der Waals surface area contributed by atoms with Gasteiger partial charge in [-0.2, -0.15) is 30.7 Å². The van der Waals surface area contributed by atoms with Crippen molar-refractivity contribution in [3.8, 4) is 0 Å². The fourth-order valence-corrected chi connectivity index (χ4v) is 1.57. The number of rotatable bonds is 9. The summed E-state index contributed by atoms with van der Waals surface area (Å²) in [5.74, 6) is -4.94. The first-order valence-corrected chi connectivity index (χ1v) is 6.13. The van der Waals surface area contributed by atoms with Gasteiger partial charge in [-0.3, -0.25) is 5.73 Å². The Labute approximate surface area is 111 Å². The van der Waals surface area contributed by atoms with Crippen molar-refractivity contribution in [2.24, 2.45) is 5.73 Å². The van der Waals surface area contributed by atoms with Crippen molar-refractivity contribution in [1.29, 1.82) is 0 Å². The Bertz CT molecular complexity index is 271. The lowest BCUT2D eigenvalue weighted by molar-refractivity contribution is -0.236. The Hall–Kier alpha value is -0.600. The minimum Gasteiger partial charge on any atom is -0.267 e. The van der Waals surface area contributed by atoms with Gasteiger partial charge in [0.15, 0.2) is 6.17 Å². The lowest BCUT2D eigenvalue weighted by Crippen LogP contribution is -2.53. The SMILES string of the molecule is NC(F)(F)C(F)(F)C(F)CCCCCCCC(F)(F)F. The van der Waals surface area contributed by atoms with Crippen LogP contribution in [0.2, 0.25) is 0 Å². The maximum Gasteiger partial charge on any atom is 0.389 e. The highest BCUT2D eigenvalue weighted by atomic mass is 19.4. The molecule has 122 valence electrons. The number of unbranched alkanes of at least 4 members (excludes halogenated alkanes) is 4. The van der Waals surface area contributed by atoms with E-state index in [-0.39, 0.29) is 25.7 Å². The van der Waals surface area contributed by atoms with E-state index in [1.54, 1.807) is 0 Å². The van der Waals surface area contributed by atoms with Crippen molar-refractivity contribution in [2.45, 2.75) is 69.3 Å². The Morgan fingerprint density at radius 2 is 1.20 bits per heavy atom. The summed E-state index contributed by atoms with van der Waals surface area (Å²) >= 11 is 0. The molecule has 0 heterocycles. The van der Waals surface area contributed by atoms with Crippen LogP contribution in [0.5, 0.6) is 0 Å². The zero-order valence-electron chi connectivity index (χ0n) is 10.6. The van der Waals surface area contributed by atoms with Gasteiger partial charge in [-0.1, -0.05) is 25.7 Å². The third-order valence-corrected chi connectivity index (χ3v) is 2.76. The lowest BCUT2D eigenvalue weighted by atomic mass is 10.0. The molecule has 1 nitrogen and oxygen atoms in total. The van der Waals surface area contributed by atoms with Gasteiger partial charge in [0.2, 0.25) is 0 Å². The van der Waals surface area contributed by atoms with E-state index in [0.717, 1.165) is 0 Å². The van der Waals surface area contributed by atoms with Gasteiger partial charge in [0.1, 0.15) is 0 Å². The minimum atomic E-state index is -4.94. The molecule has 0 rings (SSSR count). The molecule has 0 spiro atoms. The van der Waals surface area contributed by atoms with E-state index in [4.69, 9.17) is 0 Å². The van der Waals surface area contributed by atoms with E-state index in [1.165, 1.54) is 0 Å². The highest BCUT2D eigenvalue weighted by Gasteiger charge is 2.59. The van der Waals surface area contributed by atoms with Crippen molar-refractivity contribution in [3.63, 3.8) is 0 Å². The Balaban J connectivity index is 3.76. The fraction of sp³-hybridized carbons (Fsp3) is 1.00. The molecular weight excluding hydrogens is 298 g/mol. The second kappa shape index (κ2) is 7.42. The Kier molecular flexibility index (Phi) is 7.20. The van der Waals surface area contributed by atoms with E-state index < -0.39 is 37.2 Å². The third-order valence-electron chi connectivity index (χ3n) is 2.76. The first-order chi connectivity index (χ1) is 8.88. The van der Waals surface area contributed by atoms with Gasteiger partial charge in [0, 0.05) is 6.42 Å². The molecule has 0 amide bonds. The molecule has 0 aliphatic rings. The molecule has 0 aromatic heterocycles. The molecule has 9 heteroatoms. The molecule has 0 aromatic carbocycles. The molecule has 0 bridgehead atoms. The summed E-state index contributed by atoms with van der Waals surface area (Å²) in [6, 6.07) is -4.93. The van der Waals surface area contributed by atoms with Crippen LogP contribution in [-0.4, -0.2) is 24.3 Å². The van der Waals surface area contributed by atoms with Crippen LogP contribution in [0.3, 0.4) is 0 Å². The summed E-state index contributed by atoms with van der Waals surface area (Å²) in [6.45, 7) is 0. The summed E-state index contributed by atoms with van der Waals surface area (Å²) in [5.41, 5.74) is 3.89. The van der Waals surface area contributed by atoms with Crippen LogP contribution in [-0.2, 0) is 0 Å². The molecule has 2 N–H and O–H groups in total. The maximum absolute atomic E-state index is 12.9. The van der Waals surface area contributed by atoms with E-state index in [2.05, 4.69) is 5.73 Å². The monoisotopic (exact) mass is 315 g/mol. The van der Waals surface area contributed by atoms with Crippen LogP contribution in [0.4, 0.5) is 35.1 Å². The topological polar surface area (TPSA) is 26.0 Å². The molecule has 0 radical (unpaired) electrons. The molecule has 0 aromatic rings.